The minimum absolute atomic E-state index is 0.0155. The average Bonchev–Trinajstić information content (AvgIpc) is 3.55. The summed E-state index contributed by atoms with van der Waals surface area (Å²) < 4.78 is 21.3. The highest BCUT2D eigenvalue weighted by Gasteiger charge is 2.40. The molecular formula is C44H45N5O6. The monoisotopic (exact) mass is 739 g/mol. The molecule has 4 atom stereocenters. The van der Waals surface area contributed by atoms with E-state index in [0.717, 1.165) is 59.4 Å². The Morgan fingerprint density at radius 3 is 2.27 bits per heavy atom. The number of carbonyl (C=O) groups is 1. The van der Waals surface area contributed by atoms with Gasteiger partial charge in [-0.1, -0.05) is 73.7 Å². The number of ether oxygens (including phenoxy) is 3. The van der Waals surface area contributed by atoms with Crippen LogP contribution in [0.1, 0.15) is 54.9 Å². The predicted molar refractivity (Wildman–Crippen MR) is 212 cm³/mol. The molecule has 6 aromatic rings. The first-order valence-electron chi connectivity index (χ1n) is 18.8. The van der Waals surface area contributed by atoms with Crippen molar-refractivity contribution in [2.75, 3.05) is 30.3 Å². The first-order chi connectivity index (χ1) is 26.9. The average molecular weight is 740 g/mol. The molecule has 1 aromatic heterocycles. The Morgan fingerprint density at radius 2 is 1.51 bits per heavy atom. The summed E-state index contributed by atoms with van der Waals surface area (Å²) in [5.41, 5.74) is 5.60. The van der Waals surface area contributed by atoms with Gasteiger partial charge in [0.15, 0.2) is 6.29 Å². The van der Waals surface area contributed by atoms with Crippen LogP contribution in [0.15, 0.2) is 132 Å². The number of anilines is 2. The number of nitrogens with one attached hydrogen (secondary N) is 3. The summed E-state index contributed by atoms with van der Waals surface area (Å²) in [6, 6.07) is 39.7. The largest absolute Gasteiger partial charge is 0.457 e. The van der Waals surface area contributed by atoms with E-state index in [1.807, 2.05) is 108 Å². The van der Waals surface area contributed by atoms with E-state index in [1.54, 1.807) is 24.3 Å². The number of benzene rings is 5. The van der Waals surface area contributed by atoms with Gasteiger partial charge in [-0.25, -0.2) is 9.59 Å². The van der Waals surface area contributed by atoms with Crippen LogP contribution in [0.5, 0.6) is 11.5 Å². The standard InChI is InChI=1S/C44H45N5O6/c1-29-40(27-48-24-22-35(23-25-48)49-39-13-6-5-12-38(39)47-44(49)52)54-42(55-41(29)31-16-14-30(28-50)15-17-31)32-8-7-9-34(26-32)46-43(51)45-33-18-20-37(21-19-33)53-36-10-3-2-4-11-36/h2-21,26,29,35,40-42,50H,22-25,27-28H2,1H3,(H,47,52)(H2,45,46,51)/t29-,40+,41+,42+/m1/s1. The van der Waals surface area contributed by atoms with Gasteiger partial charge in [0.05, 0.1) is 29.8 Å². The number of hydrogen-bond donors (Lipinski definition) is 4. The van der Waals surface area contributed by atoms with Crippen LogP contribution in [0.2, 0.25) is 0 Å². The van der Waals surface area contributed by atoms with Crippen LogP contribution in [-0.4, -0.2) is 51.3 Å². The summed E-state index contributed by atoms with van der Waals surface area (Å²) in [6.07, 6.45) is 0.593. The molecule has 0 saturated carbocycles. The molecule has 2 aliphatic rings. The number of hydrogen-bond acceptors (Lipinski definition) is 7. The Labute approximate surface area is 319 Å². The SMILES string of the molecule is C[C@@H]1[C@H](CN2CCC(n3c(=O)[nH]c4ccccc43)CC2)O[C@H](c2cccc(NC(=O)Nc3ccc(Oc4ccccc4)cc3)c2)O[C@@H]1c1ccc(CO)cc1. The van der Waals surface area contributed by atoms with Gasteiger partial charge < -0.3 is 39.8 Å². The predicted octanol–water partition coefficient (Wildman–Crippen LogP) is 8.39. The van der Waals surface area contributed by atoms with Crippen molar-refractivity contribution in [2.45, 2.75) is 50.9 Å². The third kappa shape index (κ3) is 8.35. The molecule has 3 heterocycles. The van der Waals surface area contributed by atoms with Gasteiger partial charge in [0.1, 0.15) is 11.5 Å². The van der Waals surface area contributed by atoms with Gasteiger partial charge in [-0.05, 0) is 84.6 Å². The van der Waals surface area contributed by atoms with E-state index in [4.69, 9.17) is 14.2 Å². The van der Waals surface area contributed by atoms with E-state index in [2.05, 4.69) is 27.4 Å². The lowest BCUT2D eigenvalue weighted by molar-refractivity contribution is -0.276. The fourth-order valence-electron chi connectivity index (χ4n) is 7.67. The highest BCUT2D eigenvalue weighted by Crippen LogP contribution is 2.42. The zero-order valence-corrected chi connectivity index (χ0v) is 30.6. The molecule has 4 N–H and O–H groups in total. The van der Waals surface area contributed by atoms with Crippen molar-refractivity contribution in [2.24, 2.45) is 5.92 Å². The van der Waals surface area contributed by atoms with Gasteiger partial charge in [-0.2, -0.15) is 0 Å². The number of rotatable bonds is 10. The number of para-hydroxylation sites is 3. The molecule has 2 amide bonds. The van der Waals surface area contributed by atoms with Crippen molar-refractivity contribution < 1.29 is 24.1 Å². The van der Waals surface area contributed by atoms with Crippen molar-refractivity contribution in [1.29, 1.82) is 0 Å². The number of aromatic amines is 1. The lowest BCUT2D eigenvalue weighted by atomic mass is 9.89. The molecule has 0 aliphatic carbocycles. The van der Waals surface area contributed by atoms with Crippen LogP contribution in [0.25, 0.3) is 11.0 Å². The van der Waals surface area contributed by atoms with Gasteiger partial charge in [0, 0.05) is 48.5 Å². The maximum atomic E-state index is 13.1. The van der Waals surface area contributed by atoms with Gasteiger partial charge in [0.2, 0.25) is 0 Å². The molecule has 0 radical (unpaired) electrons. The number of nitrogens with zero attached hydrogens (tertiary/aromatic N) is 2. The fraction of sp³-hybridized carbons (Fsp3) is 0.273. The second kappa shape index (κ2) is 16.3. The number of urea groups is 1. The molecule has 8 rings (SSSR count). The van der Waals surface area contributed by atoms with E-state index < -0.39 is 6.29 Å². The molecule has 282 valence electrons. The molecule has 2 saturated heterocycles. The molecule has 2 aliphatic heterocycles. The second-order valence-electron chi connectivity index (χ2n) is 14.3. The first kappa shape index (κ1) is 36.3. The maximum Gasteiger partial charge on any atom is 0.326 e. The highest BCUT2D eigenvalue weighted by molar-refractivity contribution is 5.99. The summed E-state index contributed by atoms with van der Waals surface area (Å²) in [6.45, 7) is 4.51. The zero-order valence-electron chi connectivity index (χ0n) is 30.6. The number of aromatic nitrogens is 2. The van der Waals surface area contributed by atoms with E-state index in [9.17, 15) is 14.7 Å². The number of amides is 2. The molecule has 11 nitrogen and oxygen atoms in total. The molecule has 0 unspecified atom stereocenters. The topological polar surface area (TPSA) is 130 Å². The molecule has 5 aromatic carbocycles. The Balaban J connectivity index is 0.946. The number of carbonyl (C=O) groups excluding carboxylic acids is 1. The lowest BCUT2D eigenvalue weighted by Gasteiger charge is -2.44. The van der Waals surface area contributed by atoms with E-state index in [1.165, 1.54) is 0 Å². The number of imidazole rings is 1. The Hall–Kier alpha value is -5.72. The molecule has 0 bridgehead atoms. The van der Waals surface area contributed by atoms with Crippen molar-refractivity contribution in [3.63, 3.8) is 0 Å². The van der Waals surface area contributed by atoms with Crippen molar-refractivity contribution in [3.05, 3.63) is 155 Å². The zero-order chi connectivity index (χ0) is 37.7. The summed E-state index contributed by atoms with van der Waals surface area (Å²) >= 11 is 0. The number of aliphatic hydroxyl groups excluding tert-OH is 1. The van der Waals surface area contributed by atoms with Gasteiger partial charge in [0.25, 0.3) is 0 Å². The quantitative estimate of drug-likeness (QED) is 0.111. The van der Waals surface area contributed by atoms with E-state index in [0.29, 0.717) is 23.7 Å². The van der Waals surface area contributed by atoms with Gasteiger partial charge in [-0.15, -0.1) is 0 Å². The number of aliphatic hydroxyl groups is 1. The third-order valence-electron chi connectivity index (χ3n) is 10.6. The first-order valence-corrected chi connectivity index (χ1v) is 18.8. The smallest absolute Gasteiger partial charge is 0.326 e. The number of H-pyrrole nitrogens is 1. The molecule has 55 heavy (non-hydrogen) atoms. The van der Waals surface area contributed by atoms with Gasteiger partial charge in [-0.3, -0.25) is 4.57 Å². The van der Waals surface area contributed by atoms with Crippen LogP contribution in [-0.2, 0) is 16.1 Å². The molecule has 0 spiro atoms. The highest BCUT2D eigenvalue weighted by atomic mass is 16.7. The number of fused-ring (bicyclic) bond motifs is 1. The van der Waals surface area contributed by atoms with Crippen LogP contribution in [0.4, 0.5) is 16.2 Å². The lowest BCUT2D eigenvalue weighted by Crippen LogP contribution is -2.47. The Bertz CT molecular complexity index is 2270. The summed E-state index contributed by atoms with van der Waals surface area (Å²) in [7, 11) is 0. The summed E-state index contributed by atoms with van der Waals surface area (Å²) in [5.74, 6) is 1.42. The fourth-order valence-corrected chi connectivity index (χ4v) is 7.67. The van der Waals surface area contributed by atoms with E-state index >= 15 is 0 Å². The minimum Gasteiger partial charge on any atom is -0.457 e. The maximum absolute atomic E-state index is 13.1. The van der Waals surface area contributed by atoms with Crippen LogP contribution >= 0.6 is 0 Å². The summed E-state index contributed by atoms with van der Waals surface area (Å²) in [4.78, 5) is 31.4. The normalized spacial score (nSPS) is 20.6. The molecule has 11 heteroatoms. The van der Waals surface area contributed by atoms with Crippen molar-refractivity contribution >= 4 is 28.4 Å². The second-order valence-corrected chi connectivity index (χ2v) is 14.3. The van der Waals surface area contributed by atoms with Crippen LogP contribution in [0, 0.1) is 5.92 Å². The number of likely N-dealkylation sites (tertiary alicyclic amines) is 1. The summed E-state index contributed by atoms with van der Waals surface area (Å²) in [5, 5.41) is 15.5. The Kier molecular flexibility index (Phi) is 10.8. The minimum atomic E-state index is -0.687. The van der Waals surface area contributed by atoms with Gasteiger partial charge >= 0.3 is 11.7 Å². The van der Waals surface area contributed by atoms with Crippen molar-refractivity contribution in [1.82, 2.24) is 14.5 Å². The molecule has 2 fully saturated rings. The third-order valence-corrected chi connectivity index (χ3v) is 10.6. The van der Waals surface area contributed by atoms with E-state index in [-0.39, 0.29) is 42.5 Å². The van der Waals surface area contributed by atoms with Crippen molar-refractivity contribution in [3.8, 4) is 11.5 Å². The van der Waals surface area contributed by atoms with Crippen LogP contribution in [0.3, 0.4) is 0 Å². The Morgan fingerprint density at radius 1 is 0.800 bits per heavy atom. The van der Waals surface area contributed by atoms with Crippen LogP contribution < -0.4 is 21.1 Å². The number of piperidine rings is 1. The molecular weight excluding hydrogens is 695 g/mol.